The van der Waals surface area contributed by atoms with E-state index in [1.165, 1.54) is 77.9 Å². The SMILES string of the molecule is c1ccc(-c2ccc(N(c3ccc(-c4ccc5c(c4)C4(c6ccccc6-c6ccccc64)c4ccccc4-5)cc3)c3ccccc3-c3ccccc3)cc2)cc1. The fourth-order valence-corrected chi connectivity index (χ4v) is 9.47. The van der Waals surface area contributed by atoms with Gasteiger partial charge < -0.3 is 4.90 Å². The van der Waals surface area contributed by atoms with Crippen LogP contribution in [-0.4, -0.2) is 0 Å². The minimum Gasteiger partial charge on any atom is -0.310 e. The molecule has 0 N–H and O–H groups in total. The molecule has 1 heteroatoms. The van der Waals surface area contributed by atoms with E-state index < -0.39 is 0 Å². The van der Waals surface area contributed by atoms with Crippen molar-refractivity contribution in [2.75, 3.05) is 4.90 Å². The topological polar surface area (TPSA) is 3.24 Å². The van der Waals surface area contributed by atoms with Crippen molar-refractivity contribution in [1.82, 2.24) is 0 Å². The minimum atomic E-state index is -0.362. The largest absolute Gasteiger partial charge is 0.310 e. The number of hydrogen-bond donors (Lipinski definition) is 0. The number of para-hydroxylation sites is 1. The summed E-state index contributed by atoms with van der Waals surface area (Å²) >= 11 is 0. The highest BCUT2D eigenvalue weighted by molar-refractivity contribution is 5.96. The summed E-state index contributed by atoms with van der Waals surface area (Å²) in [6.07, 6.45) is 0. The zero-order chi connectivity index (χ0) is 37.1. The molecule has 1 spiro atoms. The molecule has 0 saturated carbocycles. The number of rotatable bonds is 6. The van der Waals surface area contributed by atoms with Crippen LogP contribution >= 0.6 is 0 Å². The second-order valence-electron chi connectivity index (χ2n) is 14.8. The first kappa shape index (κ1) is 32.2. The molecule has 9 aromatic rings. The lowest BCUT2D eigenvalue weighted by Crippen LogP contribution is -2.25. The van der Waals surface area contributed by atoms with Gasteiger partial charge in [0.1, 0.15) is 0 Å². The number of anilines is 3. The molecule has 0 aliphatic heterocycles. The van der Waals surface area contributed by atoms with Crippen LogP contribution in [0.2, 0.25) is 0 Å². The van der Waals surface area contributed by atoms with Crippen LogP contribution in [0.3, 0.4) is 0 Å². The van der Waals surface area contributed by atoms with Crippen molar-refractivity contribution in [2.24, 2.45) is 0 Å². The van der Waals surface area contributed by atoms with Gasteiger partial charge in [0, 0.05) is 16.9 Å². The van der Waals surface area contributed by atoms with E-state index in [-0.39, 0.29) is 5.41 Å². The molecule has 0 amide bonds. The molecule has 1 nitrogen and oxygen atoms in total. The third-order valence-corrected chi connectivity index (χ3v) is 11.9. The number of fused-ring (bicyclic) bond motifs is 10. The van der Waals surface area contributed by atoms with Gasteiger partial charge in [0.15, 0.2) is 0 Å². The van der Waals surface area contributed by atoms with Gasteiger partial charge in [-0.3, -0.25) is 0 Å². The fourth-order valence-electron chi connectivity index (χ4n) is 9.47. The summed E-state index contributed by atoms with van der Waals surface area (Å²) in [7, 11) is 0. The first-order valence-electron chi connectivity index (χ1n) is 19.4. The summed E-state index contributed by atoms with van der Waals surface area (Å²) in [5, 5.41) is 0. The van der Waals surface area contributed by atoms with E-state index in [4.69, 9.17) is 0 Å². The first-order chi connectivity index (χ1) is 27.8. The summed E-state index contributed by atoms with van der Waals surface area (Å²) in [5.41, 5.74) is 20.9. The van der Waals surface area contributed by atoms with Crippen molar-refractivity contribution in [2.45, 2.75) is 5.41 Å². The van der Waals surface area contributed by atoms with Gasteiger partial charge in [-0.05, 0) is 109 Å². The standard InChI is InChI=1S/C55H37N/c1-3-15-38(16-4-1)39-27-32-43(33-28-39)56(54-26-14-10-19-45(54)41-17-5-2-6-18-41)44-34-29-40(30-35-44)42-31-36-49-48-22-9-13-25-52(48)55(53(49)37-42)50-23-11-7-20-46(50)47-21-8-12-24-51(47)55/h1-37H. The van der Waals surface area contributed by atoms with Gasteiger partial charge in [0.05, 0.1) is 11.1 Å². The second-order valence-corrected chi connectivity index (χ2v) is 14.8. The third kappa shape index (κ3) is 4.88. The molecule has 11 rings (SSSR count). The quantitative estimate of drug-likeness (QED) is 0.166. The van der Waals surface area contributed by atoms with Gasteiger partial charge in [-0.2, -0.15) is 0 Å². The fraction of sp³-hybridized carbons (Fsp3) is 0.0182. The molecule has 0 fully saturated rings. The number of nitrogens with zero attached hydrogens (tertiary/aromatic N) is 1. The van der Waals surface area contributed by atoms with E-state index in [9.17, 15) is 0 Å². The second kappa shape index (κ2) is 13.0. The Morgan fingerprint density at radius 3 is 1.16 bits per heavy atom. The average molecular weight is 712 g/mol. The summed E-state index contributed by atoms with van der Waals surface area (Å²) < 4.78 is 0. The Labute approximate surface area is 328 Å². The maximum Gasteiger partial charge on any atom is 0.0725 e. The molecule has 0 saturated heterocycles. The van der Waals surface area contributed by atoms with Gasteiger partial charge in [-0.1, -0.05) is 188 Å². The molecule has 2 aliphatic rings. The van der Waals surface area contributed by atoms with E-state index in [0.717, 1.165) is 17.1 Å². The van der Waals surface area contributed by atoms with Gasteiger partial charge in [-0.25, -0.2) is 0 Å². The van der Waals surface area contributed by atoms with E-state index in [1.54, 1.807) is 0 Å². The van der Waals surface area contributed by atoms with Gasteiger partial charge in [-0.15, -0.1) is 0 Å². The van der Waals surface area contributed by atoms with Crippen molar-refractivity contribution in [3.63, 3.8) is 0 Å². The lowest BCUT2D eigenvalue weighted by molar-refractivity contribution is 0.794. The molecule has 0 radical (unpaired) electrons. The molecular weight excluding hydrogens is 675 g/mol. The average Bonchev–Trinajstić information content (AvgIpc) is 3.75. The Balaban J connectivity index is 1.04. The van der Waals surface area contributed by atoms with Crippen LogP contribution in [-0.2, 0) is 5.41 Å². The molecule has 0 bridgehead atoms. The monoisotopic (exact) mass is 711 g/mol. The van der Waals surface area contributed by atoms with Crippen LogP contribution in [0.4, 0.5) is 17.1 Å². The highest BCUT2D eigenvalue weighted by Crippen LogP contribution is 2.63. The van der Waals surface area contributed by atoms with E-state index in [2.05, 4.69) is 229 Å². The van der Waals surface area contributed by atoms with Crippen LogP contribution in [0.5, 0.6) is 0 Å². The lowest BCUT2D eigenvalue weighted by atomic mass is 9.70. The third-order valence-electron chi connectivity index (χ3n) is 11.9. The number of benzene rings is 9. The zero-order valence-corrected chi connectivity index (χ0v) is 30.8. The first-order valence-corrected chi connectivity index (χ1v) is 19.4. The van der Waals surface area contributed by atoms with Crippen molar-refractivity contribution in [3.8, 4) is 55.6 Å². The predicted octanol–water partition coefficient (Wildman–Crippen LogP) is 14.5. The Kier molecular flexibility index (Phi) is 7.47. The van der Waals surface area contributed by atoms with Crippen molar-refractivity contribution in [1.29, 1.82) is 0 Å². The van der Waals surface area contributed by atoms with Crippen LogP contribution < -0.4 is 4.90 Å². The summed E-state index contributed by atoms with van der Waals surface area (Å²) in [6, 6.07) is 82.3. The van der Waals surface area contributed by atoms with Crippen molar-refractivity contribution >= 4 is 17.1 Å². The Bertz CT molecular complexity index is 2820. The number of hydrogen-bond acceptors (Lipinski definition) is 1. The maximum absolute atomic E-state index is 2.47. The molecule has 2 aliphatic carbocycles. The smallest absolute Gasteiger partial charge is 0.0725 e. The van der Waals surface area contributed by atoms with E-state index in [0.29, 0.717) is 0 Å². The predicted molar refractivity (Wildman–Crippen MR) is 234 cm³/mol. The van der Waals surface area contributed by atoms with Crippen molar-refractivity contribution in [3.05, 3.63) is 247 Å². The van der Waals surface area contributed by atoms with Crippen molar-refractivity contribution < 1.29 is 0 Å². The summed E-state index contributed by atoms with van der Waals surface area (Å²) in [6.45, 7) is 0. The highest BCUT2D eigenvalue weighted by atomic mass is 15.1. The van der Waals surface area contributed by atoms with Crippen LogP contribution in [0.15, 0.2) is 224 Å². The van der Waals surface area contributed by atoms with Crippen LogP contribution in [0.1, 0.15) is 22.3 Å². The lowest BCUT2D eigenvalue weighted by Gasteiger charge is -2.30. The van der Waals surface area contributed by atoms with Crippen LogP contribution in [0.25, 0.3) is 55.6 Å². The highest BCUT2D eigenvalue weighted by Gasteiger charge is 2.51. The Hall–Kier alpha value is -7.22. The zero-order valence-electron chi connectivity index (χ0n) is 30.8. The maximum atomic E-state index is 2.47. The normalized spacial score (nSPS) is 12.8. The minimum absolute atomic E-state index is 0.362. The summed E-state index contributed by atoms with van der Waals surface area (Å²) in [4.78, 5) is 2.39. The molecule has 9 aromatic carbocycles. The molecule has 0 heterocycles. The Morgan fingerprint density at radius 1 is 0.250 bits per heavy atom. The van der Waals surface area contributed by atoms with E-state index >= 15 is 0 Å². The molecule has 262 valence electrons. The molecular formula is C55H37N. The molecule has 0 atom stereocenters. The van der Waals surface area contributed by atoms with Gasteiger partial charge in [0.25, 0.3) is 0 Å². The van der Waals surface area contributed by atoms with E-state index in [1.807, 2.05) is 0 Å². The molecule has 0 unspecified atom stereocenters. The molecule has 56 heavy (non-hydrogen) atoms. The Morgan fingerprint density at radius 2 is 0.625 bits per heavy atom. The van der Waals surface area contributed by atoms with Gasteiger partial charge in [0.2, 0.25) is 0 Å². The van der Waals surface area contributed by atoms with Crippen LogP contribution in [0, 0.1) is 0 Å². The molecule has 0 aromatic heterocycles. The van der Waals surface area contributed by atoms with Gasteiger partial charge >= 0.3 is 0 Å². The summed E-state index contributed by atoms with van der Waals surface area (Å²) in [5.74, 6) is 0.